The van der Waals surface area contributed by atoms with Crippen molar-refractivity contribution in [3.05, 3.63) is 54.0 Å². The lowest BCUT2D eigenvalue weighted by atomic mass is 9.99. The molecular formula is C15H12FN3O. The van der Waals surface area contributed by atoms with Crippen LogP contribution in [0.25, 0.3) is 22.5 Å². The number of benzene rings is 1. The fraction of sp³-hybridized carbons (Fsp3) is 0.0667. The van der Waals surface area contributed by atoms with E-state index in [4.69, 9.17) is 10.3 Å². The number of aromatic nitrogens is 2. The smallest absolute Gasteiger partial charge is 0.230 e. The third-order valence-corrected chi connectivity index (χ3v) is 3.10. The average Bonchev–Trinajstić information content (AvgIpc) is 2.82. The molecule has 0 spiro atoms. The molecule has 0 unspecified atom stereocenters. The van der Waals surface area contributed by atoms with Gasteiger partial charge in [0, 0.05) is 0 Å². The summed E-state index contributed by atoms with van der Waals surface area (Å²) in [6.45, 7) is 1.98. The second kappa shape index (κ2) is 4.77. The highest BCUT2D eigenvalue weighted by atomic mass is 19.1. The molecular weight excluding hydrogens is 257 g/mol. The zero-order valence-corrected chi connectivity index (χ0v) is 10.8. The zero-order valence-electron chi connectivity index (χ0n) is 10.8. The van der Waals surface area contributed by atoms with Crippen LogP contribution in [0, 0.1) is 12.7 Å². The van der Waals surface area contributed by atoms with Gasteiger partial charge in [0.15, 0.2) is 0 Å². The Bertz CT molecular complexity index is 750. The molecule has 3 aromatic rings. The van der Waals surface area contributed by atoms with Crippen molar-refractivity contribution in [3.8, 4) is 22.5 Å². The maximum absolute atomic E-state index is 13.0. The van der Waals surface area contributed by atoms with E-state index >= 15 is 0 Å². The van der Waals surface area contributed by atoms with Crippen LogP contribution in [0.15, 0.2) is 47.1 Å². The van der Waals surface area contributed by atoms with E-state index < -0.39 is 5.82 Å². The number of rotatable bonds is 2. The summed E-state index contributed by atoms with van der Waals surface area (Å²) in [4.78, 5) is 4.02. The molecule has 0 saturated carbocycles. The Hall–Kier alpha value is -2.69. The van der Waals surface area contributed by atoms with E-state index in [-0.39, 0.29) is 5.88 Å². The van der Waals surface area contributed by atoms with Crippen molar-refractivity contribution in [1.29, 1.82) is 0 Å². The maximum atomic E-state index is 13.0. The van der Waals surface area contributed by atoms with Gasteiger partial charge in [0.25, 0.3) is 0 Å². The van der Waals surface area contributed by atoms with E-state index in [2.05, 4.69) is 10.1 Å². The number of nitrogens with zero attached hydrogens (tertiary/aromatic N) is 2. The highest BCUT2D eigenvalue weighted by Crippen LogP contribution is 2.36. The van der Waals surface area contributed by atoms with Crippen LogP contribution in [0.2, 0.25) is 0 Å². The van der Waals surface area contributed by atoms with Gasteiger partial charge >= 0.3 is 0 Å². The van der Waals surface area contributed by atoms with Crippen LogP contribution in [0.5, 0.6) is 0 Å². The fourth-order valence-electron chi connectivity index (χ4n) is 2.11. The van der Waals surface area contributed by atoms with Crippen LogP contribution in [-0.2, 0) is 0 Å². The van der Waals surface area contributed by atoms with Gasteiger partial charge < -0.3 is 10.3 Å². The highest BCUT2D eigenvalue weighted by molar-refractivity contribution is 5.87. The van der Waals surface area contributed by atoms with Gasteiger partial charge in [-0.15, -0.1) is 0 Å². The summed E-state index contributed by atoms with van der Waals surface area (Å²) in [5.41, 5.74) is 9.56. The van der Waals surface area contributed by atoms with Crippen molar-refractivity contribution in [2.75, 3.05) is 5.73 Å². The Morgan fingerprint density at radius 2 is 1.95 bits per heavy atom. The lowest BCUT2D eigenvalue weighted by Crippen LogP contribution is -1.91. The Morgan fingerprint density at radius 1 is 1.15 bits per heavy atom. The molecule has 0 aliphatic rings. The van der Waals surface area contributed by atoms with Crippen LogP contribution < -0.4 is 5.73 Å². The van der Waals surface area contributed by atoms with Crippen LogP contribution in [0.3, 0.4) is 0 Å². The molecule has 0 amide bonds. The number of nitrogen functional groups attached to an aromatic ring is 1. The van der Waals surface area contributed by atoms with E-state index in [1.807, 2.05) is 31.2 Å². The van der Waals surface area contributed by atoms with Gasteiger partial charge in [-0.2, -0.15) is 0 Å². The molecule has 20 heavy (non-hydrogen) atoms. The molecule has 100 valence electrons. The first-order valence-electron chi connectivity index (χ1n) is 6.10. The third kappa shape index (κ3) is 2.03. The van der Waals surface area contributed by atoms with Crippen LogP contribution >= 0.6 is 0 Å². The normalized spacial score (nSPS) is 10.7. The largest absolute Gasteiger partial charge is 0.367 e. The summed E-state index contributed by atoms with van der Waals surface area (Å²) >= 11 is 0. The summed E-state index contributed by atoms with van der Waals surface area (Å²) < 4.78 is 18.0. The predicted octanol–water partition coefficient (Wildman–Crippen LogP) is 3.43. The molecule has 3 rings (SSSR count). The molecule has 0 radical (unpaired) electrons. The van der Waals surface area contributed by atoms with Crippen LogP contribution in [0.1, 0.15) is 5.56 Å². The van der Waals surface area contributed by atoms with Crippen molar-refractivity contribution in [2.45, 2.75) is 6.92 Å². The molecule has 2 heterocycles. The number of halogens is 1. The van der Waals surface area contributed by atoms with Gasteiger partial charge in [0.2, 0.25) is 5.88 Å². The van der Waals surface area contributed by atoms with Crippen molar-refractivity contribution < 1.29 is 8.91 Å². The molecule has 0 saturated heterocycles. The van der Waals surface area contributed by atoms with Crippen LogP contribution in [-0.4, -0.2) is 10.1 Å². The van der Waals surface area contributed by atoms with Gasteiger partial charge in [0.05, 0.1) is 17.5 Å². The van der Waals surface area contributed by atoms with Gasteiger partial charge in [-0.25, -0.2) is 4.39 Å². The van der Waals surface area contributed by atoms with E-state index in [1.165, 1.54) is 6.07 Å². The summed E-state index contributed by atoms with van der Waals surface area (Å²) in [6.07, 6.45) is 1.14. The molecule has 4 nitrogen and oxygen atoms in total. The minimum Gasteiger partial charge on any atom is -0.367 e. The third-order valence-electron chi connectivity index (χ3n) is 3.10. The van der Waals surface area contributed by atoms with Crippen molar-refractivity contribution in [2.24, 2.45) is 0 Å². The lowest BCUT2D eigenvalue weighted by molar-refractivity contribution is 0.439. The standard InChI is InChI=1S/C15H12FN3O/c1-9-4-2-3-5-11(9)13-14(19-20-15(13)17)12-7-6-10(16)8-18-12/h2-8H,17H2,1H3. The topological polar surface area (TPSA) is 64.9 Å². The van der Waals surface area contributed by atoms with Crippen LogP contribution in [0.4, 0.5) is 10.3 Å². The molecule has 0 aliphatic carbocycles. The Kier molecular flexibility index (Phi) is 2.95. The first-order valence-corrected chi connectivity index (χ1v) is 6.10. The first kappa shape index (κ1) is 12.3. The summed E-state index contributed by atoms with van der Waals surface area (Å²) in [7, 11) is 0. The minimum absolute atomic E-state index is 0.223. The van der Waals surface area contributed by atoms with Crippen molar-refractivity contribution in [1.82, 2.24) is 10.1 Å². The number of anilines is 1. The lowest BCUT2D eigenvalue weighted by Gasteiger charge is -2.05. The van der Waals surface area contributed by atoms with Crippen molar-refractivity contribution >= 4 is 5.88 Å². The number of aryl methyl sites for hydroxylation is 1. The summed E-state index contributed by atoms with van der Waals surface area (Å²) in [6, 6.07) is 10.6. The molecule has 2 aromatic heterocycles. The number of hydrogen-bond donors (Lipinski definition) is 1. The molecule has 0 atom stereocenters. The van der Waals surface area contributed by atoms with Gasteiger partial charge in [0.1, 0.15) is 11.5 Å². The molecule has 0 aliphatic heterocycles. The Labute approximate surface area is 115 Å². The van der Waals surface area contributed by atoms with E-state index in [0.717, 1.165) is 17.3 Å². The van der Waals surface area contributed by atoms with E-state index in [1.54, 1.807) is 6.07 Å². The maximum Gasteiger partial charge on any atom is 0.230 e. The first-order chi connectivity index (χ1) is 9.66. The van der Waals surface area contributed by atoms with E-state index in [0.29, 0.717) is 17.0 Å². The monoisotopic (exact) mass is 269 g/mol. The molecule has 2 N–H and O–H groups in total. The van der Waals surface area contributed by atoms with Gasteiger partial charge in [-0.05, 0) is 30.2 Å². The Morgan fingerprint density at radius 3 is 2.65 bits per heavy atom. The van der Waals surface area contributed by atoms with Gasteiger partial charge in [-0.3, -0.25) is 4.98 Å². The highest BCUT2D eigenvalue weighted by Gasteiger charge is 2.19. The Balaban J connectivity index is 2.20. The predicted molar refractivity (Wildman–Crippen MR) is 74.3 cm³/mol. The number of pyridine rings is 1. The second-order valence-corrected chi connectivity index (χ2v) is 4.45. The second-order valence-electron chi connectivity index (χ2n) is 4.45. The number of nitrogens with two attached hydrogens (primary N) is 1. The molecule has 5 heteroatoms. The minimum atomic E-state index is -0.400. The quantitative estimate of drug-likeness (QED) is 0.774. The summed E-state index contributed by atoms with van der Waals surface area (Å²) in [5.74, 6) is -0.178. The average molecular weight is 269 g/mol. The van der Waals surface area contributed by atoms with Crippen molar-refractivity contribution in [3.63, 3.8) is 0 Å². The molecule has 0 bridgehead atoms. The molecule has 0 fully saturated rings. The summed E-state index contributed by atoms with van der Waals surface area (Å²) in [5, 5.41) is 3.95. The fourth-order valence-corrected chi connectivity index (χ4v) is 2.11. The zero-order chi connectivity index (χ0) is 14.1. The SMILES string of the molecule is Cc1ccccc1-c1c(-c2ccc(F)cn2)noc1N. The molecule has 1 aromatic carbocycles. The van der Waals surface area contributed by atoms with E-state index in [9.17, 15) is 4.39 Å². The number of hydrogen-bond acceptors (Lipinski definition) is 4. The van der Waals surface area contributed by atoms with Gasteiger partial charge in [-0.1, -0.05) is 29.4 Å².